The number of nitrogens with zero attached hydrogens (tertiary/aromatic N) is 16. The molecule has 0 saturated carbocycles. The third kappa shape index (κ3) is 52.5. The number of hydrogen-bond acceptors (Lipinski definition) is 35. The predicted molar refractivity (Wildman–Crippen MR) is 465 cm³/mol. The number of esters is 4. The molecule has 7 heterocycles. The van der Waals surface area contributed by atoms with Crippen molar-refractivity contribution in [3.63, 3.8) is 0 Å². The Bertz CT molecular complexity index is 4510. The van der Waals surface area contributed by atoms with Crippen LogP contribution in [0.4, 0.5) is 24.0 Å². The number of halogens is 1. The second kappa shape index (κ2) is 58.6. The van der Waals surface area contributed by atoms with E-state index in [4.69, 9.17) is 53.4 Å². The Kier molecular flexibility index (Phi) is 51.0. The number of ether oxygens (including phenoxy) is 9. The topological polar surface area (TPSA) is 641 Å². The molecule has 5 amide bonds. The number of aromatic carboxylic acids is 1. The van der Waals surface area contributed by atoms with Gasteiger partial charge in [0, 0.05) is 69.9 Å². The Balaban J connectivity index is 0.000000522. The molecule has 1 atom stereocenters. The number of carboxylic acids is 2. The zero-order chi connectivity index (χ0) is 97.8. The van der Waals surface area contributed by atoms with Crippen molar-refractivity contribution in [2.75, 3.05) is 71.0 Å². The fraction of sp³-hybridized carbons (Fsp3) is 0.620. The minimum absolute atomic E-state index is 0.00112. The maximum atomic E-state index is 12.4. The van der Waals surface area contributed by atoms with Gasteiger partial charge >= 0.3 is 79.2 Å². The first-order valence-electron chi connectivity index (χ1n) is 41.4. The molecule has 0 aliphatic carbocycles. The van der Waals surface area contributed by atoms with E-state index >= 15 is 0 Å². The van der Waals surface area contributed by atoms with Gasteiger partial charge in [-0.3, -0.25) is 38.5 Å². The van der Waals surface area contributed by atoms with Gasteiger partial charge in [-0.15, -0.1) is 30.6 Å². The molecule has 7 aromatic rings. The lowest BCUT2D eigenvalue weighted by Gasteiger charge is -2.28. The molecule has 722 valence electrons. The van der Waals surface area contributed by atoms with Crippen LogP contribution < -0.4 is 41.7 Å². The lowest BCUT2D eigenvalue weighted by molar-refractivity contribution is -0.755. The lowest BCUT2D eigenvalue weighted by Crippen LogP contribution is -2.46. The highest BCUT2D eigenvalue weighted by molar-refractivity contribution is 9.09. The SMILES string of the molecule is CC(C)(C)OC(=O)NCCBr.CC(C)(C)OC(=O)NCCn1cnnc1CC(=O)O.CCOC(=O)Cc1nc[nH][n+]1CCNC(=O)OC(C)(C)C.CCOC(=O)Cc1ncn(CCNC(=O)OC(C)(C)C)n1.CCOC(=O)Cc1ncn[nH]1.CCOC(=O)Cc1nncn1CCNC(=O)OC(C)(C)C.NCCn1cnnc1CC(=O)C[C@H]1Cc2cccc(C(=O)O)c2OB1O. The Morgan fingerprint density at radius 3 is 1.41 bits per heavy atom. The number of H-pyrrole nitrogens is 2. The molecule has 0 unspecified atom stereocenters. The largest absolute Gasteiger partial charge is 0.535 e. The quantitative estimate of drug-likeness (QED) is 0.00866. The number of carbonyl (C=O) groups is 12. The van der Waals surface area contributed by atoms with Gasteiger partial charge in [-0.1, -0.05) is 28.1 Å². The van der Waals surface area contributed by atoms with Crippen molar-refractivity contribution in [1.29, 1.82) is 0 Å². The van der Waals surface area contributed by atoms with Crippen LogP contribution in [0.3, 0.4) is 0 Å². The van der Waals surface area contributed by atoms with Crippen LogP contribution in [0.15, 0.2) is 56.2 Å². The fourth-order valence-electron chi connectivity index (χ4n) is 10.1. The van der Waals surface area contributed by atoms with E-state index in [2.05, 4.69) is 113 Å². The molecule has 0 fully saturated rings. The van der Waals surface area contributed by atoms with Crippen molar-refractivity contribution in [3.8, 4) is 5.75 Å². The van der Waals surface area contributed by atoms with Crippen LogP contribution in [0, 0.1) is 0 Å². The van der Waals surface area contributed by atoms with Gasteiger partial charge in [-0.25, -0.2) is 38.7 Å². The van der Waals surface area contributed by atoms with Gasteiger partial charge in [-0.2, -0.15) is 20.0 Å². The normalized spacial score (nSPS) is 11.9. The van der Waals surface area contributed by atoms with Crippen LogP contribution in [-0.2, 0) is 149 Å². The summed E-state index contributed by atoms with van der Waals surface area (Å²) in [5.74, 6) is -0.980. The number of fused-ring (bicyclic) bond motifs is 1. The van der Waals surface area contributed by atoms with Crippen molar-refractivity contribution >= 4 is 95.1 Å². The first kappa shape index (κ1) is 113. The van der Waals surface area contributed by atoms with Crippen molar-refractivity contribution in [3.05, 3.63) is 102 Å². The number of alkyl carbamates (subject to hydrolysis) is 5. The molecule has 51 heteroatoms. The highest BCUT2D eigenvalue weighted by Crippen LogP contribution is 2.36. The van der Waals surface area contributed by atoms with Crippen LogP contribution in [0.25, 0.3) is 0 Å². The molecule has 12 N–H and O–H groups in total. The number of aliphatic carboxylic acids is 1. The number of carbonyl (C=O) groups excluding carboxylic acids is 10. The van der Waals surface area contributed by atoms with Crippen molar-refractivity contribution in [2.24, 2.45) is 5.73 Å². The first-order chi connectivity index (χ1) is 61.0. The Hall–Kier alpha value is -12.8. The van der Waals surface area contributed by atoms with Crippen LogP contribution in [0.1, 0.15) is 189 Å². The molecule has 0 bridgehead atoms. The van der Waals surface area contributed by atoms with E-state index in [-0.39, 0.29) is 92.0 Å². The van der Waals surface area contributed by atoms with E-state index in [1.807, 2.05) is 20.8 Å². The number of aromatic nitrogens is 18. The van der Waals surface area contributed by atoms with Gasteiger partial charge in [0.15, 0.2) is 12.2 Å². The molecule has 130 heavy (non-hydrogen) atoms. The third-order valence-corrected chi connectivity index (χ3v) is 15.5. The van der Waals surface area contributed by atoms with Crippen LogP contribution in [-0.4, -0.2) is 278 Å². The van der Waals surface area contributed by atoms with Crippen LogP contribution in [0.5, 0.6) is 5.75 Å². The van der Waals surface area contributed by atoms with E-state index < -0.39 is 77.3 Å². The molecule has 0 radical (unpaired) electrons. The molecule has 6 aromatic heterocycles. The second-order valence-electron chi connectivity index (χ2n) is 32.2. The number of nitrogens with two attached hydrogens (primary N) is 1. The summed E-state index contributed by atoms with van der Waals surface area (Å²) in [7, 11) is -1.24. The summed E-state index contributed by atoms with van der Waals surface area (Å²) in [4.78, 5) is 148. The molecular weight excluding hydrogens is 1780 g/mol. The molecule has 1 aliphatic rings. The van der Waals surface area contributed by atoms with Crippen LogP contribution >= 0.6 is 15.9 Å². The molecule has 8 rings (SSSR count). The average molecular weight is 1900 g/mol. The van der Waals surface area contributed by atoms with Crippen molar-refractivity contribution < 1.29 is 125 Å². The monoisotopic (exact) mass is 1900 g/mol. The Labute approximate surface area is 761 Å². The number of Topliss-reactive ketones (excluding diaryl/α,β-unsaturated/α-hetero) is 1. The average Bonchev–Trinajstić information content (AvgIpc) is 0.924. The number of alkyl halides is 1. The highest BCUT2D eigenvalue weighted by Gasteiger charge is 2.38. The van der Waals surface area contributed by atoms with E-state index in [0.717, 1.165) is 5.33 Å². The second-order valence-corrected chi connectivity index (χ2v) is 33.0. The van der Waals surface area contributed by atoms with E-state index in [1.54, 1.807) is 146 Å². The highest BCUT2D eigenvalue weighted by atomic mass is 79.9. The zero-order valence-corrected chi connectivity index (χ0v) is 78.8. The number of para-hydroxylation sites is 1. The van der Waals surface area contributed by atoms with Crippen LogP contribution in [0.2, 0.25) is 5.82 Å². The fourth-order valence-corrected chi connectivity index (χ4v) is 10.3. The van der Waals surface area contributed by atoms with Gasteiger partial charge < -0.3 is 109 Å². The van der Waals surface area contributed by atoms with Gasteiger partial charge in [0.1, 0.15) is 127 Å². The molecule has 49 nitrogen and oxygen atoms in total. The summed E-state index contributed by atoms with van der Waals surface area (Å²) >= 11 is 3.19. The van der Waals surface area contributed by atoms with Gasteiger partial charge in [0.05, 0.1) is 51.5 Å². The number of hydrogen-bond donors (Lipinski definition) is 11. The number of nitrogens with one attached hydrogen (secondary N) is 7. The number of benzene rings is 1. The molecule has 0 saturated heterocycles. The lowest BCUT2D eigenvalue weighted by atomic mass is 9.64. The van der Waals surface area contributed by atoms with E-state index in [9.17, 15) is 67.7 Å². The maximum Gasteiger partial charge on any atom is 0.526 e. The van der Waals surface area contributed by atoms with E-state index in [1.165, 1.54) is 44.0 Å². The summed E-state index contributed by atoms with van der Waals surface area (Å²) in [5, 5.41) is 77.7. The zero-order valence-electron chi connectivity index (χ0n) is 77.3. The Morgan fingerprint density at radius 2 is 0.969 bits per heavy atom. The summed E-state index contributed by atoms with van der Waals surface area (Å²) < 4.78 is 58.2. The summed E-state index contributed by atoms with van der Waals surface area (Å²) in [6.07, 6.45) is 7.17. The van der Waals surface area contributed by atoms with Crippen molar-refractivity contribution in [2.45, 2.75) is 249 Å². The molecule has 1 aliphatic heterocycles. The van der Waals surface area contributed by atoms with Crippen molar-refractivity contribution in [1.82, 2.24) is 111 Å². The predicted octanol–water partition coefficient (Wildman–Crippen LogP) is 4.31. The summed E-state index contributed by atoms with van der Waals surface area (Å²) in [6, 6.07) is 4.78. The minimum atomic E-state index is -1.24. The number of ketones is 1. The summed E-state index contributed by atoms with van der Waals surface area (Å²) in [5.41, 5.74) is 3.64. The number of carboxylic acid groups (broad SMARTS) is 2. The van der Waals surface area contributed by atoms with Gasteiger partial charge in [0.25, 0.3) is 0 Å². The smallest absolute Gasteiger partial charge is 0.526 e. The Morgan fingerprint density at radius 1 is 0.538 bits per heavy atom. The number of rotatable bonds is 35. The summed E-state index contributed by atoms with van der Waals surface area (Å²) in [6.45, 7) is 40.0. The maximum absolute atomic E-state index is 12.4. The minimum Gasteiger partial charge on any atom is -0.535 e. The van der Waals surface area contributed by atoms with E-state index in [0.29, 0.717) is 145 Å². The number of amides is 5. The number of aromatic amines is 2. The first-order valence-corrected chi connectivity index (χ1v) is 42.5. The molecule has 1 aromatic carbocycles. The van der Waals surface area contributed by atoms with Gasteiger partial charge in [0.2, 0.25) is 6.33 Å². The third-order valence-electron chi connectivity index (χ3n) is 15.1. The standard InChI is InChI=1S/C16H19BN4O5.3C13H22N4O4.C11H18N4O4.C7H14BrNO2.C6H9N3O2/c18-4-5-21-9-19-20-14(21)8-12(22)7-11-6-10-2-1-3-13(16(23)24)15(10)26-17(11)25;1-5-20-11(18)8-10-16-15-9-17(10)7-6-14-12(19)21-13(2,3)4;1-5-20-11(18)8-10-15-9-17(16-10)7-6-14-12(19)21-13(2,3)4;1-5-20-11(18)8-10-15-9-16-17(10)7-6-14-12(19)21-13(2,3)4;1-11(2,3)19-10(18)12-4-5-15-7-13-14-8(15)6-9(16)17;1-7(2,3)11-6(10)9-5-4-8;1-2-11-6(10)3-5-7-4-8-9-5/h1-3,9,11,25H,4-8,18H2,(H,23,24);3*9H,5-8H2,1-4H3,(H,14,19);7H,4-6H2,1-3H3,(H,12,18)(H,16,17);4-5H2,1-3H3,(H,9,10);4H,2-3H2,1H3,(H,7,8,9)/p+1/t11-;;;;;;/m1....../s1. The van der Waals surface area contributed by atoms with Gasteiger partial charge in [-0.05, 0) is 155 Å². The molecule has 0 spiro atoms. The molecular formula is C79H127BBrN24O25+.